The van der Waals surface area contributed by atoms with Gasteiger partial charge in [0, 0.05) is 13.1 Å². The molecule has 2 aromatic rings. The maximum atomic E-state index is 12.8. The summed E-state index contributed by atoms with van der Waals surface area (Å²) in [6.07, 6.45) is 0. The highest BCUT2D eigenvalue weighted by Gasteiger charge is 2.24. The monoisotopic (exact) mass is 369 g/mol. The van der Waals surface area contributed by atoms with Crippen molar-refractivity contribution in [3.63, 3.8) is 0 Å². The number of hydrogen-bond donors (Lipinski definition) is 0. The van der Waals surface area contributed by atoms with Gasteiger partial charge in [-0.3, -0.25) is 4.31 Å². The summed E-state index contributed by atoms with van der Waals surface area (Å²) in [5.41, 5.74) is 0.427. The standard InChI is InChI=1S/C16H16ClNO5S/c1-18(11-3-5-14(21-2)13(17)9-11)24(19,20)12-4-6-15-16(10-12)23-8-7-22-15/h3-6,9-10H,7-8H2,1-2H3. The molecular formula is C16H16ClNO5S. The number of rotatable bonds is 4. The van der Waals surface area contributed by atoms with Crippen molar-refractivity contribution in [3.05, 3.63) is 41.4 Å². The molecule has 1 aliphatic heterocycles. The largest absolute Gasteiger partial charge is 0.495 e. The molecule has 3 rings (SSSR count). The van der Waals surface area contributed by atoms with Crippen molar-refractivity contribution in [1.29, 1.82) is 0 Å². The Morgan fingerprint density at radius 3 is 2.46 bits per heavy atom. The second-order valence-corrected chi connectivity index (χ2v) is 7.47. The molecule has 0 saturated heterocycles. The molecule has 0 aromatic heterocycles. The van der Waals surface area contributed by atoms with Gasteiger partial charge < -0.3 is 14.2 Å². The van der Waals surface area contributed by atoms with E-state index in [2.05, 4.69) is 0 Å². The van der Waals surface area contributed by atoms with Gasteiger partial charge in [0.25, 0.3) is 10.0 Å². The highest BCUT2D eigenvalue weighted by molar-refractivity contribution is 7.92. The summed E-state index contributed by atoms with van der Waals surface area (Å²) >= 11 is 6.08. The second-order valence-electron chi connectivity index (χ2n) is 5.10. The van der Waals surface area contributed by atoms with E-state index in [0.717, 1.165) is 4.31 Å². The van der Waals surface area contributed by atoms with Gasteiger partial charge in [-0.25, -0.2) is 8.42 Å². The fraction of sp³-hybridized carbons (Fsp3) is 0.250. The van der Waals surface area contributed by atoms with E-state index in [4.69, 9.17) is 25.8 Å². The summed E-state index contributed by atoms with van der Waals surface area (Å²) in [5.74, 6) is 1.43. The van der Waals surface area contributed by atoms with Crippen molar-refractivity contribution in [1.82, 2.24) is 0 Å². The third-order valence-corrected chi connectivity index (χ3v) is 5.75. The molecule has 6 nitrogen and oxygen atoms in total. The third kappa shape index (κ3) is 2.97. The fourth-order valence-electron chi connectivity index (χ4n) is 2.33. The molecule has 1 aliphatic rings. The summed E-state index contributed by atoms with van der Waals surface area (Å²) in [4.78, 5) is 0.112. The molecule has 0 atom stereocenters. The van der Waals surface area contributed by atoms with E-state index in [1.54, 1.807) is 18.2 Å². The predicted molar refractivity (Wildman–Crippen MR) is 91.0 cm³/mol. The zero-order valence-electron chi connectivity index (χ0n) is 13.2. The van der Waals surface area contributed by atoms with Crippen LogP contribution in [0.1, 0.15) is 0 Å². The van der Waals surface area contributed by atoms with Crippen LogP contribution >= 0.6 is 11.6 Å². The Labute approximate surface area is 145 Å². The van der Waals surface area contributed by atoms with Gasteiger partial charge in [0.2, 0.25) is 0 Å². The number of nitrogens with zero attached hydrogens (tertiary/aromatic N) is 1. The van der Waals surface area contributed by atoms with Crippen LogP contribution in [-0.4, -0.2) is 35.8 Å². The van der Waals surface area contributed by atoms with Crippen LogP contribution in [0.2, 0.25) is 5.02 Å². The Hall–Kier alpha value is -2.12. The first kappa shape index (κ1) is 16.7. The van der Waals surface area contributed by atoms with Crippen LogP contribution in [0.5, 0.6) is 17.2 Å². The topological polar surface area (TPSA) is 65.1 Å². The highest BCUT2D eigenvalue weighted by Crippen LogP contribution is 2.35. The summed E-state index contributed by atoms with van der Waals surface area (Å²) in [7, 11) is -0.804. The minimum absolute atomic E-state index is 0.112. The molecule has 0 radical (unpaired) electrons. The quantitative estimate of drug-likeness (QED) is 0.829. The maximum Gasteiger partial charge on any atom is 0.264 e. The van der Waals surface area contributed by atoms with Crippen LogP contribution < -0.4 is 18.5 Å². The normalized spacial score (nSPS) is 13.5. The third-order valence-electron chi connectivity index (χ3n) is 3.67. The van der Waals surface area contributed by atoms with E-state index in [1.807, 2.05) is 0 Å². The van der Waals surface area contributed by atoms with Crippen molar-refractivity contribution in [2.75, 3.05) is 31.7 Å². The molecule has 2 aromatic carbocycles. The minimum atomic E-state index is -3.76. The lowest BCUT2D eigenvalue weighted by Crippen LogP contribution is -2.26. The van der Waals surface area contributed by atoms with Crippen molar-refractivity contribution in [2.45, 2.75) is 4.90 Å². The van der Waals surface area contributed by atoms with Crippen LogP contribution in [0.3, 0.4) is 0 Å². The maximum absolute atomic E-state index is 12.8. The Kier molecular flexibility index (Phi) is 4.47. The van der Waals surface area contributed by atoms with Crippen molar-refractivity contribution in [3.8, 4) is 17.2 Å². The number of halogens is 1. The molecule has 0 aliphatic carbocycles. The van der Waals surface area contributed by atoms with Crippen LogP contribution in [0.25, 0.3) is 0 Å². The lowest BCUT2D eigenvalue weighted by atomic mass is 10.3. The molecule has 128 valence electrons. The number of hydrogen-bond acceptors (Lipinski definition) is 5. The number of sulfonamides is 1. The first-order valence-electron chi connectivity index (χ1n) is 7.15. The van der Waals surface area contributed by atoms with E-state index in [-0.39, 0.29) is 4.90 Å². The Balaban J connectivity index is 1.96. The molecule has 0 amide bonds. The Bertz CT molecular complexity index is 869. The number of anilines is 1. The molecule has 0 fully saturated rings. The molecule has 24 heavy (non-hydrogen) atoms. The van der Waals surface area contributed by atoms with Crippen LogP contribution in [0, 0.1) is 0 Å². The van der Waals surface area contributed by atoms with Crippen molar-refractivity contribution >= 4 is 27.3 Å². The molecule has 0 saturated carbocycles. The van der Waals surface area contributed by atoms with Gasteiger partial charge in [0.05, 0.1) is 22.7 Å². The molecule has 0 N–H and O–H groups in total. The van der Waals surface area contributed by atoms with E-state index >= 15 is 0 Å². The molecule has 8 heteroatoms. The highest BCUT2D eigenvalue weighted by atomic mass is 35.5. The first-order chi connectivity index (χ1) is 11.4. The summed E-state index contributed by atoms with van der Waals surface area (Å²) in [6, 6.07) is 9.33. The van der Waals surface area contributed by atoms with Crippen molar-refractivity contribution in [2.24, 2.45) is 0 Å². The Morgan fingerprint density at radius 1 is 1.08 bits per heavy atom. The van der Waals surface area contributed by atoms with Gasteiger partial charge in [0.15, 0.2) is 11.5 Å². The fourth-order valence-corrected chi connectivity index (χ4v) is 3.79. The zero-order valence-corrected chi connectivity index (χ0v) is 14.7. The van der Waals surface area contributed by atoms with E-state index in [9.17, 15) is 8.42 Å². The van der Waals surface area contributed by atoms with Crippen LogP contribution in [0.4, 0.5) is 5.69 Å². The van der Waals surface area contributed by atoms with Gasteiger partial charge in [-0.15, -0.1) is 0 Å². The van der Waals surface area contributed by atoms with Crippen molar-refractivity contribution < 1.29 is 22.6 Å². The van der Waals surface area contributed by atoms with E-state index in [1.165, 1.54) is 32.4 Å². The number of methoxy groups -OCH3 is 1. The molecule has 1 heterocycles. The lowest BCUT2D eigenvalue weighted by molar-refractivity contribution is 0.171. The lowest BCUT2D eigenvalue weighted by Gasteiger charge is -2.22. The van der Waals surface area contributed by atoms with Crippen LogP contribution in [0.15, 0.2) is 41.3 Å². The van der Waals surface area contributed by atoms with E-state index < -0.39 is 10.0 Å². The molecule has 0 spiro atoms. The smallest absolute Gasteiger partial charge is 0.264 e. The zero-order chi connectivity index (χ0) is 17.3. The molecular weight excluding hydrogens is 354 g/mol. The predicted octanol–water partition coefficient (Wildman–Crippen LogP) is 2.94. The summed E-state index contributed by atoms with van der Waals surface area (Å²) in [6.45, 7) is 0.837. The molecule has 0 unspecified atom stereocenters. The summed E-state index contributed by atoms with van der Waals surface area (Å²) in [5, 5.41) is 0.333. The number of ether oxygens (including phenoxy) is 3. The summed E-state index contributed by atoms with van der Waals surface area (Å²) < 4.78 is 42.8. The average molecular weight is 370 g/mol. The van der Waals surface area contributed by atoms with Gasteiger partial charge in [-0.2, -0.15) is 0 Å². The van der Waals surface area contributed by atoms with Gasteiger partial charge in [-0.1, -0.05) is 11.6 Å². The number of benzene rings is 2. The number of fused-ring (bicyclic) bond motifs is 1. The Morgan fingerprint density at radius 2 is 1.79 bits per heavy atom. The first-order valence-corrected chi connectivity index (χ1v) is 8.97. The second kappa shape index (κ2) is 6.41. The minimum Gasteiger partial charge on any atom is -0.495 e. The average Bonchev–Trinajstić information content (AvgIpc) is 2.60. The van der Waals surface area contributed by atoms with Gasteiger partial charge >= 0.3 is 0 Å². The van der Waals surface area contributed by atoms with Gasteiger partial charge in [0.1, 0.15) is 19.0 Å². The van der Waals surface area contributed by atoms with Crippen LogP contribution in [-0.2, 0) is 10.0 Å². The van der Waals surface area contributed by atoms with Gasteiger partial charge in [-0.05, 0) is 30.3 Å². The SMILES string of the molecule is COc1ccc(N(C)S(=O)(=O)c2ccc3c(c2)OCCO3)cc1Cl. The molecule has 0 bridgehead atoms. The van der Waals surface area contributed by atoms with E-state index in [0.29, 0.717) is 41.2 Å².